The maximum absolute atomic E-state index is 10.8. The van der Waals surface area contributed by atoms with Crippen LogP contribution in [0, 0.1) is 0 Å². The van der Waals surface area contributed by atoms with Crippen molar-refractivity contribution < 1.29 is 9.90 Å². The van der Waals surface area contributed by atoms with Crippen molar-refractivity contribution in [3.63, 3.8) is 0 Å². The predicted molar refractivity (Wildman–Crippen MR) is 52.2 cm³/mol. The van der Waals surface area contributed by atoms with Gasteiger partial charge in [0.15, 0.2) is 0 Å². The SMILES string of the molecule is Cn1c(C(=O)O)ccc1-c1ccc[nH]1. The van der Waals surface area contributed by atoms with E-state index in [0.717, 1.165) is 11.4 Å². The van der Waals surface area contributed by atoms with Crippen molar-refractivity contribution in [1.82, 2.24) is 9.55 Å². The fourth-order valence-corrected chi connectivity index (χ4v) is 1.49. The maximum Gasteiger partial charge on any atom is 0.352 e. The van der Waals surface area contributed by atoms with Gasteiger partial charge in [0.25, 0.3) is 0 Å². The second-order valence-electron chi connectivity index (χ2n) is 3.05. The second kappa shape index (κ2) is 3.06. The van der Waals surface area contributed by atoms with Crippen LogP contribution in [0.1, 0.15) is 10.5 Å². The van der Waals surface area contributed by atoms with E-state index < -0.39 is 5.97 Å². The summed E-state index contributed by atoms with van der Waals surface area (Å²) in [6.07, 6.45) is 1.81. The number of H-pyrrole nitrogens is 1. The highest BCUT2D eigenvalue weighted by atomic mass is 16.4. The highest BCUT2D eigenvalue weighted by molar-refractivity contribution is 5.87. The van der Waals surface area contributed by atoms with Crippen molar-refractivity contribution in [3.8, 4) is 11.4 Å². The Morgan fingerprint density at radius 3 is 2.71 bits per heavy atom. The zero-order chi connectivity index (χ0) is 10.1. The first kappa shape index (κ1) is 8.62. The molecular weight excluding hydrogens is 180 g/mol. The van der Waals surface area contributed by atoms with E-state index in [1.807, 2.05) is 18.3 Å². The van der Waals surface area contributed by atoms with Crippen molar-refractivity contribution in [3.05, 3.63) is 36.2 Å². The molecule has 0 aliphatic heterocycles. The van der Waals surface area contributed by atoms with Crippen LogP contribution in [0.2, 0.25) is 0 Å². The molecule has 0 spiro atoms. The number of hydrogen-bond donors (Lipinski definition) is 2. The molecule has 4 nitrogen and oxygen atoms in total. The van der Waals surface area contributed by atoms with Gasteiger partial charge in [0.2, 0.25) is 0 Å². The molecule has 0 aliphatic carbocycles. The van der Waals surface area contributed by atoms with Gasteiger partial charge in [-0.1, -0.05) is 0 Å². The standard InChI is InChI=1S/C10H10N2O2/c1-12-8(7-3-2-6-11-7)4-5-9(12)10(13)14/h2-6,11H,1H3,(H,13,14). The summed E-state index contributed by atoms with van der Waals surface area (Å²) >= 11 is 0. The van der Waals surface area contributed by atoms with Gasteiger partial charge in [-0.2, -0.15) is 0 Å². The highest BCUT2D eigenvalue weighted by Crippen LogP contribution is 2.19. The molecule has 2 aromatic rings. The van der Waals surface area contributed by atoms with Gasteiger partial charge in [-0.3, -0.25) is 0 Å². The lowest BCUT2D eigenvalue weighted by molar-refractivity contribution is 0.0687. The van der Waals surface area contributed by atoms with E-state index in [0.29, 0.717) is 0 Å². The van der Waals surface area contributed by atoms with Crippen LogP contribution in [0.3, 0.4) is 0 Å². The summed E-state index contributed by atoms with van der Waals surface area (Å²) in [7, 11) is 1.74. The van der Waals surface area contributed by atoms with E-state index in [4.69, 9.17) is 5.11 Å². The molecule has 0 radical (unpaired) electrons. The molecule has 2 rings (SSSR count). The van der Waals surface area contributed by atoms with Crippen LogP contribution >= 0.6 is 0 Å². The Hall–Kier alpha value is -1.97. The Labute approximate surface area is 80.8 Å². The lowest BCUT2D eigenvalue weighted by Crippen LogP contribution is -2.05. The van der Waals surface area contributed by atoms with E-state index in [1.54, 1.807) is 23.7 Å². The van der Waals surface area contributed by atoms with Crippen molar-refractivity contribution >= 4 is 5.97 Å². The molecule has 2 N–H and O–H groups in total. The normalized spacial score (nSPS) is 10.4. The quantitative estimate of drug-likeness (QED) is 0.757. The number of aromatic amines is 1. The van der Waals surface area contributed by atoms with Crippen molar-refractivity contribution in [2.45, 2.75) is 0 Å². The van der Waals surface area contributed by atoms with Crippen LogP contribution in [0.25, 0.3) is 11.4 Å². The highest BCUT2D eigenvalue weighted by Gasteiger charge is 2.11. The van der Waals surface area contributed by atoms with E-state index in [1.165, 1.54) is 0 Å². The number of rotatable bonds is 2. The lowest BCUT2D eigenvalue weighted by atomic mass is 10.3. The van der Waals surface area contributed by atoms with Crippen LogP contribution < -0.4 is 0 Å². The molecule has 0 saturated heterocycles. The fourth-order valence-electron chi connectivity index (χ4n) is 1.49. The summed E-state index contributed by atoms with van der Waals surface area (Å²) in [5, 5.41) is 8.85. The largest absolute Gasteiger partial charge is 0.477 e. The van der Waals surface area contributed by atoms with Gasteiger partial charge >= 0.3 is 5.97 Å². The number of carboxylic acids is 1. The van der Waals surface area contributed by atoms with Gasteiger partial charge in [0.05, 0.1) is 11.4 Å². The summed E-state index contributed by atoms with van der Waals surface area (Å²) in [4.78, 5) is 13.8. The molecule has 0 saturated carbocycles. The number of nitrogens with zero attached hydrogens (tertiary/aromatic N) is 1. The molecule has 2 heterocycles. The van der Waals surface area contributed by atoms with Crippen molar-refractivity contribution in [2.24, 2.45) is 7.05 Å². The summed E-state index contributed by atoms with van der Waals surface area (Å²) in [6, 6.07) is 7.16. The van der Waals surface area contributed by atoms with Crippen LogP contribution in [0.4, 0.5) is 0 Å². The van der Waals surface area contributed by atoms with Crippen molar-refractivity contribution in [2.75, 3.05) is 0 Å². The summed E-state index contributed by atoms with van der Waals surface area (Å²) in [6.45, 7) is 0. The Bertz CT molecular complexity index is 454. The third kappa shape index (κ3) is 1.21. The number of aromatic nitrogens is 2. The monoisotopic (exact) mass is 190 g/mol. The third-order valence-corrected chi connectivity index (χ3v) is 2.21. The molecule has 2 aromatic heterocycles. The molecule has 14 heavy (non-hydrogen) atoms. The first-order chi connectivity index (χ1) is 6.70. The molecular formula is C10H10N2O2. The van der Waals surface area contributed by atoms with E-state index >= 15 is 0 Å². The molecule has 0 unspecified atom stereocenters. The lowest BCUT2D eigenvalue weighted by Gasteiger charge is -2.02. The Kier molecular flexibility index (Phi) is 1.89. The van der Waals surface area contributed by atoms with E-state index in [-0.39, 0.29) is 5.69 Å². The number of nitrogens with one attached hydrogen (secondary N) is 1. The van der Waals surface area contributed by atoms with Gasteiger partial charge in [-0.15, -0.1) is 0 Å². The first-order valence-electron chi connectivity index (χ1n) is 4.23. The van der Waals surface area contributed by atoms with E-state index in [2.05, 4.69) is 4.98 Å². The van der Waals surface area contributed by atoms with E-state index in [9.17, 15) is 4.79 Å². The minimum Gasteiger partial charge on any atom is -0.477 e. The third-order valence-electron chi connectivity index (χ3n) is 2.21. The zero-order valence-electron chi connectivity index (χ0n) is 7.69. The van der Waals surface area contributed by atoms with Gasteiger partial charge in [-0.05, 0) is 24.3 Å². The molecule has 72 valence electrons. The van der Waals surface area contributed by atoms with Crippen molar-refractivity contribution in [1.29, 1.82) is 0 Å². The average molecular weight is 190 g/mol. The summed E-state index contributed by atoms with van der Waals surface area (Å²) in [5.41, 5.74) is 2.07. The fraction of sp³-hybridized carbons (Fsp3) is 0.100. The molecule has 0 atom stereocenters. The molecule has 0 fully saturated rings. The Balaban J connectivity index is 2.52. The molecule has 0 aliphatic rings. The maximum atomic E-state index is 10.8. The summed E-state index contributed by atoms with van der Waals surface area (Å²) in [5.74, 6) is -0.912. The Morgan fingerprint density at radius 2 is 2.21 bits per heavy atom. The predicted octanol–water partition coefficient (Wildman–Crippen LogP) is 1.72. The number of hydrogen-bond acceptors (Lipinski definition) is 1. The van der Waals surface area contributed by atoms with Gasteiger partial charge < -0.3 is 14.7 Å². The molecule has 0 bridgehead atoms. The van der Waals surface area contributed by atoms with Gasteiger partial charge in [0.1, 0.15) is 5.69 Å². The van der Waals surface area contributed by atoms with Gasteiger partial charge in [-0.25, -0.2) is 4.79 Å². The number of aromatic carboxylic acids is 1. The first-order valence-corrected chi connectivity index (χ1v) is 4.23. The molecule has 0 amide bonds. The van der Waals surface area contributed by atoms with Crippen LogP contribution in [0.5, 0.6) is 0 Å². The average Bonchev–Trinajstić information content (AvgIpc) is 2.71. The Morgan fingerprint density at radius 1 is 1.43 bits per heavy atom. The van der Waals surface area contributed by atoms with Crippen LogP contribution in [-0.4, -0.2) is 20.6 Å². The van der Waals surface area contributed by atoms with Crippen LogP contribution in [0.15, 0.2) is 30.5 Å². The zero-order valence-corrected chi connectivity index (χ0v) is 7.69. The minimum absolute atomic E-state index is 0.287. The molecule has 4 heteroatoms. The van der Waals surface area contributed by atoms with Gasteiger partial charge in [0, 0.05) is 13.2 Å². The number of carbonyl (C=O) groups is 1. The molecule has 0 aromatic carbocycles. The topological polar surface area (TPSA) is 58.0 Å². The number of carboxylic acid groups (broad SMARTS) is 1. The smallest absolute Gasteiger partial charge is 0.352 e. The summed E-state index contributed by atoms with van der Waals surface area (Å²) < 4.78 is 1.65. The van der Waals surface area contributed by atoms with Crippen LogP contribution in [-0.2, 0) is 7.05 Å². The second-order valence-corrected chi connectivity index (χ2v) is 3.05. The minimum atomic E-state index is -0.912.